The van der Waals surface area contributed by atoms with Gasteiger partial charge >= 0.3 is 0 Å². The topological polar surface area (TPSA) is 35.5 Å². The van der Waals surface area contributed by atoms with Gasteiger partial charge in [0.25, 0.3) is 0 Å². The summed E-state index contributed by atoms with van der Waals surface area (Å²) in [6.07, 6.45) is 2.98. The number of benzene rings is 1. The number of hydrogen-bond donors (Lipinski definition) is 0. The Balaban J connectivity index is 3.29. The van der Waals surface area contributed by atoms with E-state index in [9.17, 15) is 4.79 Å². The van der Waals surface area contributed by atoms with Crippen LogP contribution in [0.15, 0.2) is 18.2 Å². The number of alkyl halides is 1. The quantitative estimate of drug-likeness (QED) is 0.382. The Morgan fingerprint density at radius 1 is 1.25 bits per heavy atom. The van der Waals surface area contributed by atoms with Crippen LogP contribution in [0.1, 0.15) is 32.3 Å². The van der Waals surface area contributed by atoms with Crippen LogP contribution in [-0.2, 0) is 10.2 Å². The zero-order chi connectivity index (χ0) is 15.2. The second-order valence-corrected chi connectivity index (χ2v) is 6.25. The zero-order valence-corrected chi connectivity index (χ0v) is 14.8. The highest BCUT2D eigenvalue weighted by molar-refractivity contribution is 14.1. The van der Waals surface area contributed by atoms with Crippen LogP contribution < -0.4 is 9.47 Å². The molecule has 0 bridgehead atoms. The van der Waals surface area contributed by atoms with Crippen LogP contribution in [0.4, 0.5) is 0 Å². The third-order valence-electron chi connectivity index (χ3n) is 3.89. The number of carbonyl (C=O) groups is 1. The SMILES string of the molecule is COc1ccc(C(C=O)(CCCI)C(C)C)cc1OC. The Morgan fingerprint density at radius 3 is 2.35 bits per heavy atom. The highest BCUT2D eigenvalue weighted by atomic mass is 127. The number of carbonyl (C=O) groups excluding carboxylic acids is 1. The molecule has 3 nitrogen and oxygen atoms in total. The lowest BCUT2D eigenvalue weighted by atomic mass is 9.70. The van der Waals surface area contributed by atoms with Gasteiger partial charge in [0.2, 0.25) is 0 Å². The molecule has 1 rings (SSSR count). The Morgan fingerprint density at radius 2 is 1.90 bits per heavy atom. The molecule has 20 heavy (non-hydrogen) atoms. The summed E-state index contributed by atoms with van der Waals surface area (Å²) < 4.78 is 11.7. The second kappa shape index (κ2) is 7.86. The summed E-state index contributed by atoms with van der Waals surface area (Å²) in [5.41, 5.74) is 0.551. The maximum absolute atomic E-state index is 11.9. The predicted molar refractivity (Wildman–Crippen MR) is 90.2 cm³/mol. The maximum atomic E-state index is 11.9. The average molecular weight is 390 g/mol. The summed E-state index contributed by atoms with van der Waals surface area (Å²) in [6.45, 7) is 4.19. The van der Waals surface area contributed by atoms with Crippen molar-refractivity contribution in [2.75, 3.05) is 18.6 Å². The van der Waals surface area contributed by atoms with E-state index < -0.39 is 5.41 Å². The van der Waals surface area contributed by atoms with Crippen LogP contribution >= 0.6 is 22.6 Å². The van der Waals surface area contributed by atoms with Crippen LogP contribution in [0.3, 0.4) is 0 Å². The fourth-order valence-corrected chi connectivity index (χ4v) is 2.90. The molecule has 0 aliphatic rings. The number of aldehydes is 1. The van der Waals surface area contributed by atoms with Crippen LogP contribution in [0, 0.1) is 5.92 Å². The van der Waals surface area contributed by atoms with E-state index in [0.29, 0.717) is 11.5 Å². The average Bonchev–Trinajstić information content (AvgIpc) is 2.47. The van der Waals surface area contributed by atoms with Crippen molar-refractivity contribution in [2.45, 2.75) is 32.1 Å². The molecule has 1 atom stereocenters. The number of hydrogen-bond acceptors (Lipinski definition) is 3. The Bertz CT molecular complexity index is 445. The molecule has 0 saturated carbocycles. The molecule has 1 aromatic rings. The van der Waals surface area contributed by atoms with Gasteiger partial charge in [-0.2, -0.15) is 0 Å². The van der Waals surface area contributed by atoms with Crippen molar-refractivity contribution >= 4 is 28.9 Å². The molecule has 0 amide bonds. The molecule has 4 heteroatoms. The van der Waals surface area contributed by atoms with Gasteiger partial charge in [-0.3, -0.25) is 0 Å². The van der Waals surface area contributed by atoms with Gasteiger partial charge in [0.05, 0.1) is 19.6 Å². The first kappa shape index (κ1) is 17.3. The minimum Gasteiger partial charge on any atom is -0.493 e. The Hall–Kier alpha value is -0.780. The van der Waals surface area contributed by atoms with Gasteiger partial charge in [-0.15, -0.1) is 0 Å². The second-order valence-electron chi connectivity index (χ2n) is 5.18. The van der Waals surface area contributed by atoms with E-state index in [1.54, 1.807) is 14.2 Å². The van der Waals surface area contributed by atoms with Crippen molar-refractivity contribution in [2.24, 2.45) is 5.92 Å². The van der Waals surface area contributed by atoms with Crippen molar-refractivity contribution in [3.8, 4) is 11.5 Å². The largest absolute Gasteiger partial charge is 0.493 e. The van der Waals surface area contributed by atoms with Crippen LogP contribution in [0.5, 0.6) is 11.5 Å². The molecule has 0 fully saturated rings. The molecule has 0 aliphatic heterocycles. The normalized spacial score (nSPS) is 13.9. The third kappa shape index (κ3) is 3.45. The standard InChI is InChI=1S/C16H23IO3/c1-12(2)16(11-18,8-5-9-17)13-6-7-14(19-3)15(10-13)20-4/h6-7,10-12H,5,8-9H2,1-4H3. The van der Waals surface area contributed by atoms with E-state index in [1.165, 1.54) is 0 Å². The number of halogens is 1. The molecule has 0 heterocycles. The zero-order valence-electron chi connectivity index (χ0n) is 12.6. The van der Waals surface area contributed by atoms with Gasteiger partial charge < -0.3 is 14.3 Å². The molecule has 0 saturated heterocycles. The highest BCUT2D eigenvalue weighted by Gasteiger charge is 2.35. The lowest BCUT2D eigenvalue weighted by Gasteiger charge is -2.33. The molecular weight excluding hydrogens is 367 g/mol. The first-order chi connectivity index (χ1) is 9.55. The van der Waals surface area contributed by atoms with Gasteiger partial charge in [-0.05, 0) is 40.9 Å². The molecule has 0 aliphatic carbocycles. The molecule has 0 N–H and O–H groups in total. The third-order valence-corrected chi connectivity index (χ3v) is 4.65. The number of methoxy groups -OCH3 is 2. The summed E-state index contributed by atoms with van der Waals surface area (Å²) in [5, 5.41) is 0. The number of rotatable bonds is 8. The van der Waals surface area contributed by atoms with E-state index in [-0.39, 0.29) is 5.92 Å². The predicted octanol–water partition coefficient (Wildman–Crippen LogP) is 4.01. The molecule has 0 spiro atoms. The fraction of sp³-hybridized carbons (Fsp3) is 0.562. The van der Waals surface area contributed by atoms with Gasteiger partial charge in [0, 0.05) is 0 Å². The summed E-state index contributed by atoms with van der Waals surface area (Å²) >= 11 is 2.35. The lowest BCUT2D eigenvalue weighted by Crippen LogP contribution is -2.34. The minimum atomic E-state index is -0.454. The first-order valence-corrected chi connectivity index (χ1v) is 8.33. The van der Waals surface area contributed by atoms with E-state index in [0.717, 1.165) is 29.1 Å². The first-order valence-electron chi connectivity index (χ1n) is 6.80. The van der Waals surface area contributed by atoms with Crippen molar-refractivity contribution in [1.82, 2.24) is 0 Å². The van der Waals surface area contributed by atoms with Crippen molar-refractivity contribution < 1.29 is 14.3 Å². The molecule has 0 radical (unpaired) electrons. The van der Waals surface area contributed by atoms with Crippen LogP contribution in [0.2, 0.25) is 0 Å². The highest BCUT2D eigenvalue weighted by Crippen LogP contribution is 2.39. The molecule has 1 unspecified atom stereocenters. The summed E-state index contributed by atoms with van der Waals surface area (Å²) in [5.74, 6) is 1.60. The maximum Gasteiger partial charge on any atom is 0.161 e. The Kier molecular flexibility index (Phi) is 6.79. The summed E-state index contributed by atoms with van der Waals surface area (Å²) in [4.78, 5) is 11.9. The van der Waals surface area contributed by atoms with E-state index >= 15 is 0 Å². The fourth-order valence-electron chi connectivity index (χ4n) is 2.51. The monoisotopic (exact) mass is 390 g/mol. The van der Waals surface area contributed by atoms with Crippen LogP contribution in [0.25, 0.3) is 0 Å². The number of ether oxygens (including phenoxy) is 2. The van der Waals surface area contributed by atoms with Gasteiger partial charge in [-0.25, -0.2) is 0 Å². The minimum absolute atomic E-state index is 0.237. The van der Waals surface area contributed by atoms with Crippen molar-refractivity contribution in [3.63, 3.8) is 0 Å². The smallest absolute Gasteiger partial charge is 0.161 e. The molecule has 112 valence electrons. The van der Waals surface area contributed by atoms with E-state index in [1.807, 2.05) is 18.2 Å². The van der Waals surface area contributed by atoms with E-state index in [4.69, 9.17) is 9.47 Å². The summed E-state index contributed by atoms with van der Waals surface area (Å²) in [7, 11) is 3.23. The van der Waals surface area contributed by atoms with Crippen LogP contribution in [-0.4, -0.2) is 24.9 Å². The Labute approximate surface area is 135 Å². The van der Waals surface area contributed by atoms with Gasteiger partial charge in [-0.1, -0.05) is 42.5 Å². The molecule has 1 aromatic carbocycles. The molecule has 0 aromatic heterocycles. The van der Waals surface area contributed by atoms with Crippen molar-refractivity contribution in [1.29, 1.82) is 0 Å². The van der Waals surface area contributed by atoms with Gasteiger partial charge in [0.15, 0.2) is 11.5 Å². The molecular formula is C16H23IO3. The summed E-state index contributed by atoms with van der Waals surface area (Å²) in [6, 6.07) is 5.78. The van der Waals surface area contributed by atoms with Gasteiger partial charge in [0.1, 0.15) is 6.29 Å². The van der Waals surface area contributed by atoms with Crippen molar-refractivity contribution in [3.05, 3.63) is 23.8 Å². The lowest BCUT2D eigenvalue weighted by molar-refractivity contribution is -0.114. The van der Waals surface area contributed by atoms with E-state index in [2.05, 4.69) is 36.4 Å².